The van der Waals surface area contributed by atoms with Crippen molar-refractivity contribution in [1.29, 1.82) is 5.26 Å². The van der Waals surface area contributed by atoms with E-state index in [4.69, 9.17) is 4.74 Å². The molecule has 1 aliphatic rings. The minimum Gasteiger partial charge on any atom is -0.493 e. The zero-order valence-electron chi connectivity index (χ0n) is 10.2. The van der Waals surface area contributed by atoms with Crippen molar-refractivity contribution in [1.82, 2.24) is 0 Å². The Morgan fingerprint density at radius 1 is 1.17 bits per heavy atom. The molecule has 2 aromatic carbocycles. The summed E-state index contributed by atoms with van der Waals surface area (Å²) >= 11 is 0. The first-order valence-electron chi connectivity index (χ1n) is 6.05. The van der Waals surface area contributed by atoms with Crippen molar-refractivity contribution < 1.29 is 4.74 Å². The van der Waals surface area contributed by atoms with E-state index < -0.39 is 0 Å². The van der Waals surface area contributed by atoms with Gasteiger partial charge in [-0.25, -0.2) is 0 Å². The molecule has 0 aliphatic carbocycles. The summed E-state index contributed by atoms with van der Waals surface area (Å²) < 4.78 is 5.58. The molecule has 0 spiro atoms. The van der Waals surface area contributed by atoms with Crippen LogP contribution in [0.25, 0.3) is 11.1 Å². The molecular weight excluding hydrogens is 222 g/mol. The van der Waals surface area contributed by atoms with Crippen molar-refractivity contribution in [3.63, 3.8) is 0 Å². The topological polar surface area (TPSA) is 33.0 Å². The molecule has 0 radical (unpaired) electrons. The Bertz CT molecular complexity index is 653. The first kappa shape index (κ1) is 10.9. The van der Waals surface area contributed by atoms with Gasteiger partial charge in [0, 0.05) is 6.42 Å². The zero-order valence-corrected chi connectivity index (χ0v) is 10.2. The predicted molar refractivity (Wildman–Crippen MR) is 70.5 cm³/mol. The van der Waals surface area contributed by atoms with E-state index in [0.717, 1.165) is 35.5 Å². The van der Waals surface area contributed by atoms with E-state index >= 15 is 0 Å². The minimum absolute atomic E-state index is 0.707. The molecule has 0 saturated carbocycles. The van der Waals surface area contributed by atoms with E-state index in [-0.39, 0.29) is 0 Å². The molecule has 1 heterocycles. The minimum atomic E-state index is 0.707. The number of aryl methyl sites for hydroxylation is 1. The van der Waals surface area contributed by atoms with Crippen molar-refractivity contribution in [2.24, 2.45) is 0 Å². The second kappa shape index (κ2) is 4.19. The molecule has 0 saturated heterocycles. The van der Waals surface area contributed by atoms with Gasteiger partial charge in [-0.2, -0.15) is 5.26 Å². The van der Waals surface area contributed by atoms with Crippen LogP contribution in [0.4, 0.5) is 0 Å². The maximum atomic E-state index is 9.18. The number of rotatable bonds is 1. The third kappa shape index (κ3) is 1.74. The van der Waals surface area contributed by atoms with E-state index in [2.05, 4.69) is 24.3 Å². The maximum absolute atomic E-state index is 9.18. The number of hydrogen-bond acceptors (Lipinski definition) is 2. The SMILES string of the molecule is Cc1ccc(C#N)c(-c2ccc3c(c2)OCC3)c1. The molecule has 0 N–H and O–H groups in total. The number of ether oxygens (including phenoxy) is 1. The van der Waals surface area contributed by atoms with Crippen LogP contribution in [0.15, 0.2) is 36.4 Å². The van der Waals surface area contributed by atoms with Crippen LogP contribution in [0.5, 0.6) is 5.75 Å². The zero-order chi connectivity index (χ0) is 12.5. The van der Waals surface area contributed by atoms with Gasteiger partial charge in [-0.05, 0) is 35.7 Å². The van der Waals surface area contributed by atoms with Crippen molar-refractivity contribution >= 4 is 0 Å². The van der Waals surface area contributed by atoms with E-state index in [0.29, 0.717) is 5.56 Å². The summed E-state index contributed by atoms with van der Waals surface area (Å²) in [5, 5.41) is 9.18. The van der Waals surface area contributed by atoms with Gasteiger partial charge in [-0.1, -0.05) is 29.8 Å². The van der Waals surface area contributed by atoms with E-state index in [1.54, 1.807) is 0 Å². The number of hydrogen-bond donors (Lipinski definition) is 0. The number of benzene rings is 2. The van der Waals surface area contributed by atoms with E-state index in [1.165, 1.54) is 5.56 Å². The average molecular weight is 235 g/mol. The summed E-state index contributed by atoms with van der Waals surface area (Å²) in [6.45, 7) is 2.80. The Labute approximate surface area is 106 Å². The summed E-state index contributed by atoms with van der Waals surface area (Å²) in [7, 11) is 0. The van der Waals surface area contributed by atoms with Gasteiger partial charge in [0.2, 0.25) is 0 Å². The van der Waals surface area contributed by atoms with Crippen LogP contribution in [-0.4, -0.2) is 6.61 Å². The second-order valence-electron chi connectivity index (χ2n) is 4.58. The second-order valence-corrected chi connectivity index (χ2v) is 4.58. The Hall–Kier alpha value is -2.27. The van der Waals surface area contributed by atoms with E-state index in [1.807, 2.05) is 25.1 Å². The molecular formula is C16H13NO. The van der Waals surface area contributed by atoms with Crippen molar-refractivity contribution in [2.45, 2.75) is 13.3 Å². The number of nitrogens with zero attached hydrogens (tertiary/aromatic N) is 1. The van der Waals surface area contributed by atoms with Gasteiger partial charge in [0.05, 0.1) is 18.2 Å². The molecule has 0 atom stereocenters. The molecule has 0 aromatic heterocycles. The summed E-state index contributed by atoms with van der Waals surface area (Å²) in [5.74, 6) is 0.956. The monoisotopic (exact) mass is 235 g/mol. The van der Waals surface area contributed by atoms with Crippen molar-refractivity contribution in [3.05, 3.63) is 53.1 Å². The maximum Gasteiger partial charge on any atom is 0.123 e. The van der Waals surface area contributed by atoms with Gasteiger partial charge < -0.3 is 4.74 Å². The number of nitriles is 1. The molecule has 1 aliphatic heterocycles. The third-order valence-corrected chi connectivity index (χ3v) is 3.30. The van der Waals surface area contributed by atoms with Gasteiger partial charge in [0.25, 0.3) is 0 Å². The van der Waals surface area contributed by atoms with Gasteiger partial charge >= 0.3 is 0 Å². The van der Waals surface area contributed by atoms with Crippen LogP contribution in [-0.2, 0) is 6.42 Å². The highest BCUT2D eigenvalue weighted by atomic mass is 16.5. The average Bonchev–Trinajstić information content (AvgIpc) is 2.85. The molecule has 0 amide bonds. The molecule has 0 fully saturated rings. The normalized spacial score (nSPS) is 12.7. The third-order valence-electron chi connectivity index (χ3n) is 3.30. The Morgan fingerprint density at radius 3 is 2.89 bits per heavy atom. The summed E-state index contributed by atoms with van der Waals surface area (Å²) in [6.07, 6.45) is 0.981. The lowest BCUT2D eigenvalue weighted by Gasteiger charge is -2.07. The molecule has 0 bridgehead atoms. The van der Waals surface area contributed by atoms with Crippen LogP contribution in [0.2, 0.25) is 0 Å². The van der Waals surface area contributed by atoms with Crippen LogP contribution in [0.1, 0.15) is 16.7 Å². The lowest BCUT2D eigenvalue weighted by molar-refractivity contribution is 0.357. The van der Waals surface area contributed by atoms with Crippen molar-refractivity contribution in [2.75, 3.05) is 6.61 Å². The lowest BCUT2D eigenvalue weighted by Crippen LogP contribution is -1.88. The van der Waals surface area contributed by atoms with E-state index in [9.17, 15) is 5.26 Å². The summed E-state index contributed by atoms with van der Waals surface area (Å²) in [4.78, 5) is 0. The highest BCUT2D eigenvalue weighted by molar-refractivity contribution is 5.73. The number of fused-ring (bicyclic) bond motifs is 1. The predicted octanol–water partition coefficient (Wildman–Crippen LogP) is 3.47. The quantitative estimate of drug-likeness (QED) is 0.758. The molecule has 88 valence electrons. The van der Waals surface area contributed by atoms with Gasteiger partial charge in [0.1, 0.15) is 5.75 Å². The Balaban J connectivity index is 2.15. The lowest BCUT2D eigenvalue weighted by atomic mass is 9.97. The molecule has 18 heavy (non-hydrogen) atoms. The summed E-state index contributed by atoms with van der Waals surface area (Å²) in [6, 6.07) is 14.3. The van der Waals surface area contributed by atoms with Crippen LogP contribution in [0.3, 0.4) is 0 Å². The molecule has 2 nitrogen and oxygen atoms in total. The highest BCUT2D eigenvalue weighted by Crippen LogP contribution is 2.32. The highest BCUT2D eigenvalue weighted by Gasteiger charge is 2.14. The largest absolute Gasteiger partial charge is 0.493 e. The van der Waals surface area contributed by atoms with Crippen LogP contribution < -0.4 is 4.74 Å². The fraction of sp³-hybridized carbons (Fsp3) is 0.188. The van der Waals surface area contributed by atoms with Crippen LogP contribution >= 0.6 is 0 Å². The van der Waals surface area contributed by atoms with Gasteiger partial charge in [-0.3, -0.25) is 0 Å². The molecule has 2 aromatic rings. The smallest absolute Gasteiger partial charge is 0.123 e. The van der Waals surface area contributed by atoms with Gasteiger partial charge in [-0.15, -0.1) is 0 Å². The first-order chi connectivity index (χ1) is 8.78. The molecule has 2 heteroatoms. The van der Waals surface area contributed by atoms with Crippen LogP contribution in [0, 0.1) is 18.3 Å². The fourth-order valence-corrected chi connectivity index (χ4v) is 2.33. The molecule has 3 rings (SSSR count). The summed E-state index contributed by atoms with van der Waals surface area (Å²) in [5.41, 5.74) is 5.15. The standard InChI is InChI=1S/C16H13NO/c1-11-2-3-14(10-17)15(8-11)13-5-4-12-6-7-18-16(12)9-13/h2-5,8-9H,6-7H2,1H3. The fourth-order valence-electron chi connectivity index (χ4n) is 2.33. The first-order valence-corrected chi connectivity index (χ1v) is 6.05. The Morgan fingerprint density at radius 2 is 2.06 bits per heavy atom. The molecule has 0 unspecified atom stereocenters. The van der Waals surface area contributed by atoms with Crippen molar-refractivity contribution in [3.8, 4) is 22.9 Å². The van der Waals surface area contributed by atoms with Gasteiger partial charge in [0.15, 0.2) is 0 Å². The Kier molecular flexibility index (Phi) is 2.53.